The molecule has 6 unspecified atom stereocenters. The summed E-state index contributed by atoms with van der Waals surface area (Å²) in [7, 11) is -5.14. The van der Waals surface area contributed by atoms with Crippen LogP contribution in [-0.2, 0) is 18.4 Å². The van der Waals surface area contributed by atoms with E-state index in [9.17, 15) is 50.0 Å². The van der Waals surface area contributed by atoms with Gasteiger partial charge in [0.2, 0.25) is 5.91 Å². The number of phosphoric acid groups is 1. The van der Waals surface area contributed by atoms with Crippen LogP contribution in [0.3, 0.4) is 0 Å². The molecule has 1 saturated carbocycles. The molecule has 14 heteroatoms. The highest BCUT2D eigenvalue weighted by Gasteiger charge is 2.51. The topological polar surface area (TPSA) is 226 Å². The minimum Gasteiger partial charge on any atom is -0.390 e. The first-order valence-electron chi connectivity index (χ1n) is 21.6. The molecule has 54 heavy (non-hydrogen) atoms. The molecule has 0 saturated heterocycles. The molecule has 1 aliphatic carbocycles. The van der Waals surface area contributed by atoms with Gasteiger partial charge in [-0.3, -0.25) is 13.8 Å². The van der Waals surface area contributed by atoms with E-state index in [0.717, 1.165) is 38.5 Å². The van der Waals surface area contributed by atoms with Gasteiger partial charge in [0.25, 0.3) is 0 Å². The highest BCUT2D eigenvalue weighted by atomic mass is 31.2. The van der Waals surface area contributed by atoms with Crippen LogP contribution in [0.2, 0.25) is 0 Å². The predicted molar refractivity (Wildman–Crippen MR) is 211 cm³/mol. The summed E-state index contributed by atoms with van der Waals surface area (Å²) in [5.74, 6) is -0.421. The molecule has 1 amide bonds. The van der Waals surface area contributed by atoms with Crippen molar-refractivity contribution < 1.29 is 59.0 Å². The summed E-state index contributed by atoms with van der Waals surface area (Å²) in [5, 5.41) is 74.7. The Kier molecular flexibility index (Phi) is 29.8. The van der Waals surface area contributed by atoms with Crippen LogP contribution in [0.4, 0.5) is 0 Å². The number of amides is 1. The van der Waals surface area contributed by atoms with Gasteiger partial charge < -0.3 is 46.0 Å². The van der Waals surface area contributed by atoms with E-state index < -0.39 is 75.2 Å². The molecule has 1 fully saturated rings. The van der Waals surface area contributed by atoms with Crippen molar-refractivity contribution in [1.29, 1.82) is 0 Å². The average Bonchev–Trinajstić information content (AvgIpc) is 3.15. The largest absolute Gasteiger partial charge is 0.472 e. The first-order valence-corrected chi connectivity index (χ1v) is 23.1. The predicted octanol–water partition coefficient (Wildman–Crippen LogP) is 6.09. The Morgan fingerprint density at radius 2 is 0.926 bits per heavy atom. The van der Waals surface area contributed by atoms with Crippen LogP contribution in [-0.4, -0.2) is 108 Å². The number of unbranched alkanes of at least 4 members (excludes halogenated alkanes) is 23. The van der Waals surface area contributed by atoms with E-state index in [2.05, 4.69) is 19.2 Å². The Hall–Kier alpha value is -0.700. The second-order valence-corrected chi connectivity index (χ2v) is 17.1. The van der Waals surface area contributed by atoms with Gasteiger partial charge in [-0.25, -0.2) is 4.57 Å². The van der Waals surface area contributed by atoms with Crippen molar-refractivity contribution in [1.82, 2.24) is 5.32 Å². The van der Waals surface area contributed by atoms with E-state index in [0.29, 0.717) is 12.8 Å². The third-order valence-electron chi connectivity index (χ3n) is 10.8. The summed E-state index contributed by atoms with van der Waals surface area (Å²) in [5.41, 5.74) is 0. The highest BCUT2D eigenvalue weighted by Crippen LogP contribution is 2.47. The normalized spacial score (nSPS) is 24.6. The number of aliphatic hydroxyl groups excluding tert-OH is 7. The number of hydrogen-bond acceptors (Lipinski definition) is 11. The van der Waals surface area contributed by atoms with E-state index in [-0.39, 0.29) is 12.8 Å². The number of nitrogens with one attached hydrogen (secondary N) is 1. The van der Waals surface area contributed by atoms with E-state index in [4.69, 9.17) is 9.05 Å². The smallest absolute Gasteiger partial charge is 0.390 e. The number of rotatable bonds is 35. The quantitative estimate of drug-likeness (QED) is 0.0263. The Balaban J connectivity index is 2.59. The molecule has 0 spiro atoms. The highest BCUT2D eigenvalue weighted by molar-refractivity contribution is 7.47. The lowest BCUT2D eigenvalue weighted by molar-refractivity contribution is -0.220. The van der Waals surface area contributed by atoms with E-state index in [1.165, 1.54) is 109 Å². The zero-order valence-electron chi connectivity index (χ0n) is 33.7. The fourth-order valence-corrected chi connectivity index (χ4v) is 8.09. The van der Waals surface area contributed by atoms with E-state index in [1.54, 1.807) is 0 Å². The summed E-state index contributed by atoms with van der Waals surface area (Å²) in [4.78, 5) is 23.3. The maximum atomic E-state index is 12.9. The summed E-state index contributed by atoms with van der Waals surface area (Å²) >= 11 is 0. The molecule has 9 N–H and O–H groups in total. The van der Waals surface area contributed by atoms with Crippen molar-refractivity contribution in [2.45, 2.75) is 242 Å². The molecule has 0 radical (unpaired) electrons. The molecule has 10 atom stereocenters. The molecule has 0 aromatic carbocycles. The minimum absolute atomic E-state index is 0.154. The van der Waals surface area contributed by atoms with Crippen molar-refractivity contribution in [3.63, 3.8) is 0 Å². The minimum atomic E-state index is -5.14. The standard InChI is InChI=1S/C40H80NO12P/c1-3-5-7-9-11-13-15-17-19-21-23-25-27-29-33(43)41-31(30-52-54(50,51)53-40-38(48)36(46)35(45)37(47)39(40)49)34(44)32(42)28-26-24-22-20-18-16-14-12-10-8-6-4-2/h31-32,34-40,42,44-49H,3-30H2,1-2H3,(H,41,43)(H,50,51)/t31?,32?,34?,35?,36-,37+,38-,39-,40?/m1/s1. The van der Waals surface area contributed by atoms with Gasteiger partial charge >= 0.3 is 7.82 Å². The summed E-state index contributed by atoms with van der Waals surface area (Å²) in [6, 6.07) is -1.30. The van der Waals surface area contributed by atoms with Crippen LogP contribution in [0.1, 0.15) is 187 Å². The third-order valence-corrected chi connectivity index (χ3v) is 11.7. The van der Waals surface area contributed by atoms with Gasteiger partial charge in [0.05, 0.1) is 18.8 Å². The Labute approximate surface area is 326 Å². The Morgan fingerprint density at radius 1 is 0.574 bits per heavy atom. The van der Waals surface area contributed by atoms with E-state index >= 15 is 0 Å². The lowest BCUT2D eigenvalue weighted by atomic mass is 9.85. The van der Waals surface area contributed by atoms with Gasteiger partial charge in [0.15, 0.2) is 0 Å². The fourth-order valence-electron chi connectivity index (χ4n) is 7.12. The van der Waals surface area contributed by atoms with E-state index in [1.807, 2.05) is 0 Å². The number of carbonyl (C=O) groups is 1. The molecule has 0 aliphatic heterocycles. The van der Waals surface area contributed by atoms with Gasteiger partial charge in [0, 0.05) is 6.42 Å². The molecule has 1 aliphatic rings. The number of hydrogen-bond donors (Lipinski definition) is 9. The Bertz CT molecular complexity index is 948. The molecular weight excluding hydrogens is 717 g/mol. The van der Waals surface area contributed by atoms with Gasteiger partial charge in [-0.2, -0.15) is 0 Å². The van der Waals surface area contributed by atoms with Crippen molar-refractivity contribution in [2.75, 3.05) is 6.61 Å². The van der Waals surface area contributed by atoms with Gasteiger partial charge in [-0.05, 0) is 12.8 Å². The SMILES string of the molecule is CCCCCCCCCCCCCCCC(=O)NC(COP(=O)(O)OC1[C@H](O)[C@H](O)C(O)[C@H](O)[C@H]1O)C(O)C(O)CCCCCCCCCCCCCC. The van der Waals surface area contributed by atoms with Crippen LogP contribution in [0.15, 0.2) is 0 Å². The second kappa shape index (κ2) is 31.3. The number of phosphoric ester groups is 1. The molecule has 0 aromatic heterocycles. The van der Waals surface area contributed by atoms with Crippen LogP contribution in [0.5, 0.6) is 0 Å². The molecular formula is C40H80NO12P. The van der Waals surface area contributed by atoms with Gasteiger partial charge in [-0.1, -0.05) is 168 Å². The lowest BCUT2D eigenvalue weighted by Crippen LogP contribution is -2.64. The third kappa shape index (κ3) is 22.9. The van der Waals surface area contributed by atoms with Crippen LogP contribution < -0.4 is 5.32 Å². The van der Waals surface area contributed by atoms with Crippen molar-refractivity contribution in [2.24, 2.45) is 0 Å². The zero-order chi connectivity index (χ0) is 40.2. The van der Waals surface area contributed by atoms with Crippen LogP contribution >= 0.6 is 7.82 Å². The van der Waals surface area contributed by atoms with Crippen LogP contribution in [0.25, 0.3) is 0 Å². The maximum Gasteiger partial charge on any atom is 0.472 e. The summed E-state index contributed by atoms with van der Waals surface area (Å²) in [6.45, 7) is 3.68. The monoisotopic (exact) mass is 798 g/mol. The fraction of sp³-hybridized carbons (Fsp3) is 0.975. The lowest BCUT2D eigenvalue weighted by Gasteiger charge is -2.41. The second-order valence-electron chi connectivity index (χ2n) is 15.7. The summed E-state index contributed by atoms with van der Waals surface area (Å²) < 4.78 is 22.8. The molecule has 1 rings (SSSR count). The van der Waals surface area contributed by atoms with Gasteiger partial charge in [-0.15, -0.1) is 0 Å². The average molecular weight is 798 g/mol. The Morgan fingerprint density at radius 3 is 1.33 bits per heavy atom. The van der Waals surface area contributed by atoms with Crippen molar-refractivity contribution in [3.05, 3.63) is 0 Å². The van der Waals surface area contributed by atoms with Crippen molar-refractivity contribution in [3.8, 4) is 0 Å². The summed E-state index contributed by atoms with van der Waals surface area (Å²) in [6.07, 6.45) is 14.3. The molecule has 322 valence electrons. The first-order chi connectivity index (χ1) is 25.9. The van der Waals surface area contributed by atoms with Crippen molar-refractivity contribution >= 4 is 13.7 Å². The molecule has 0 heterocycles. The molecule has 13 nitrogen and oxygen atoms in total. The maximum absolute atomic E-state index is 12.9. The number of carbonyl (C=O) groups excluding carboxylic acids is 1. The van der Waals surface area contributed by atoms with Crippen LogP contribution in [0, 0.1) is 0 Å². The number of aliphatic hydroxyl groups is 7. The first kappa shape index (κ1) is 51.3. The zero-order valence-corrected chi connectivity index (χ0v) is 34.5. The molecule has 0 bridgehead atoms. The van der Waals surface area contributed by atoms with Gasteiger partial charge in [0.1, 0.15) is 42.7 Å². The molecule has 0 aromatic rings.